The van der Waals surface area contributed by atoms with Gasteiger partial charge in [0.1, 0.15) is 12.0 Å². The molecule has 6 nitrogen and oxygen atoms in total. The first kappa shape index (κ1) is 11.1. The summed E-state index contributed by atoms with van der Waals surface area (Å²) in [6, 6.07) is 3.51. The number of aromatic nitrogens is 2. The van der Waals surface area contributed by atoms with Gasteiger partial charge < -0.3 is 14.9 Å². The maximum Gasteiger partial charge on any atom is 0.270 e. The lowest BCUT2D eigenvalue weighted by Gasteiger charge is -2.02. The fourth-order valence-corrected chi connectivity index (χ4v) is 1.23. The van der Waals surface area contributed by atoms with Gasteiger partial charge in [-0.15, -0.1) is 0 Å². The van der Waals surface area contributed by atoms with Gasteiger partial charge in [0, 0.05) is 12.4 Å². The van der Waals surface area contributed by atoms with Crippen molar-refractivity contribution in [3.05, 3.63) is 42.4 Å². The minimum absolute atomic E-state index is 0.129. The van der Waals surface area contributed by atoms with E-state index in [1.165, 1.54) is 6.26 Å². The Labute approximate surface area is 97.4 Å². The van der Waals surface area contributed by atoms with Crippen molar-refractivity contribution in [1.82, 2.24) is 9.97 Å². The van der Waals surface area contributed by atoms with E-state index in [0.717, 1.165) is 5.75 Å². The minimum Gasteiger partial charge on any atom is -0.493 e. The van der Waals surface area contributed by atoms with Crippen LogP contribution in [0.3, 0.4) is 0 Å². The molecule has 0 unspecified atom stereocenters. The Hall–Kier alpha value is -2.37. The molecule has 17 heavy (non-hydrogen) atoms. The van der Waals surface area contributed by atoms with E-state index >= 15 is 0 Å². The second kappa shape index (κ2) is 5.11. The van der Waals surface area contributed by atoms with Crippen LogP contribution in [0, 0.1) is 0 Å². The van der Waals surface area contributed by atoms with Crippen molar-refractivity contribution in [2.24, 2.45) is 5.73 Å². The Balaban J connectivity index is 1.84. The topological polar surface area (TPSA) is 91.2 Å². The van der Waals surface area contributed by atoms with E-state index in [1.807, 2.05) is 0 Å². The number of hydrogen-bond acceptors (Lipinski definition) is 5. The Bertz CT molecular complexity index is 496. The summed E-state index contributed by atoms with van der Waals surface area (Å²) in [4.78, 5) is 18.6. The zero-order chi connectivity index (χ0) is 12.1. The van der Waals surface area contributed by atoms with Crippen molar-refractivity contribution >= 4 is 5.91 Å². The van der Waals surface area contributed by atoms with Gasteiger partial charge in [0.05, 0.1) is 13.0 Å². The van der Waals surface area contributed by atoms with Crippen molar-refractivity contribution in [1.29, 1.82) is 0 Å². The normalized spacial score (nSPS) is 10.1. The number of nitrogens with two attached hydrogens (primary N) is 1. The van der Waals surface area contributed by atoms with Crippen LogP contribution in [0.25, 0.3) is 0 Å². The van der Waals surface area contributed by atoms with Crippen molar-refractivity contribution in [3.63, 3.8) is 0 Å². The van der Waals surface area contributed by atoms with E-state index in [2.05, 4.69) is 9.97 Å². The quantitative estimate of drug-likeness (QED) is 0.824. The van der Waals surface area contributed by atoms with Gasteiger partial charge in [0.2, 0.25) is 0 Å². The molecule has 0 saturated carbocycles. The molecule has 2 N–H and O–H groups in total. The number of ether oxygens (including phenoxy) is 1. The summed E-state index contributed by atoms with van der Waals surface area (Å²) < 4.78 is 10.5. The molecular formula is C11H11N3O3. The summed E-state index contributed by atoms with van der Waals surface area (Å²) in [6.45, 7) is 0.405. The summed E-state index contributed by atoms with van der Waals surface area (Å²) in [5.41, 5.74) is 5.18. The fourth-order valence-electron chi connectivity index (χ4n) is 1.23. The Kier molecular flexibility index (Phi) is 3.34. The van der Waals surface area contributed by atoms with Gasteiger partial charge in [-0.1, -0.05) is 0 Å². The van der Waals surface area contributed by atoms with Gasteiger partial charge in [0.15, 0.2) is 11.6 Å². The van der Waals surface area contributed by atoms with Crippen LogP contribution in [0.1, 0.15) is 16.4 Å². The first-order chi connectivity index (χ1) is 8.25. The fraction of sp³-hybridized carbons (Fsp3) is 0.182. The molecule has 2 aromatic heterocycles. The molecule has 0 saturated heterocycles. The number of hydrogen-bond donors (Lipinski definition) is 1. The molecule has 0 radical (unpaired) electrons. The van der Waals surface area contributed by atoms with E-state index in [9.17, 15) is 4.79 Å². The highest BCUT2D eigenvalue weighted by molar-refractivity contribution is 5.90. The number of carbonyl (C=O) groups excluding carboxylic acids is 1. The lowest BCUT2D eigenvalue weighted by Crippen LogP contribution is -2.11. The van der Waals surface area contributed by atoms with E-state index in [0.29, 0.717) is 18.9 Å². The number of oxazole rings is 1. The highest BCUT2D eigenvalue weighted by Gasteiger charge is 2.08. The third kappa shape index (κ3) is 3.04. The highest BCUT2D eigenvalue weighted by atomic mass is 16.5. The molecule has 0 spiro atoms. The molecule has 0 aliphatic heterocycles. The number of rotatable bonds is 5. The van der Waals surface area contributed by atoms with Crippen LogP contribution in [0.4, 0.5) is 0 Å². The standard InChI is InChI=1S/C11H11N3O3/c12-11(15)9-7-17-10(14-9)3-6-16-8-1-4-13-5-2-8/h1-2,4-5,7H,3,6H2,(H2,12,15). The van der Waals surface area contributed by atoms with Crippen LogP contribution >= 0.6 is 0 Å². The molecule has 2 heterocycles. The molecule has 1 amide bonds. The number of carbonyl (C=O) groups is 1. The summed E-state index contributed by atoms with van der Waals surface area (Å²) >= 11 is 0. The van der Waals surface area contributed by atoms with Crippen LogP contribution in [0.2, 0.25) is 0 Å². The predicted molar refractivity (Wildman–Crippen MR) is 58.5 cm³/mol. The Morgan fingerprint density at radius 1 is 1.41 bits per heavy atom. The Morgan fingerprint density at radius 2 is 2.18 bits per heavy atom. The van der Waals surface area contributed by atoms with Crippen LogP contribution < -0.4 is 10.5 Å². The van der Waals surface area contributed by atoms with Crippen molar-refractivity contribution in [2.75, 3.05) is 6.61 Å². The number of amides is 1. The first-order valence-electron chi connectivity index (χ1n) is 5.03. The summed E-state index contributed by atoms with van der Waals surface area (Å²) in [5.74, 6) is 0.546. The lowest BCUT2D eigenvalue weighted by molar-refractivity contribution is 0.0995. The molecule has 88 valence electrons. The minimum atomic E-state index is -0.602. The summed E-state index contributed by atoms with van der Waals surface area (Å²) in [7, 11) is 0. The van der Waals surface area contributed by atoms with E-state index in [4.69, 9.17) is 14.9 Å². The first-order valence-corrected chi connectivity index (χ1v) is 5.03. The molecular weight excluding hydrogens is 222 g/mol. The zero-order valence-corrected chi connectivity index (χ0v) is 9.00. The molecule has 2 aromatic rings. The molecule has 6 heteroatoms. The highest BCUT2D eigenvalue weighted by Crippen LogP contribution is 2.08. The monoisotopic (exact) mass is 233 g/mol. The molecule has 0 aromatic carbocycles. The average molecular weight is 233 g/mol. The molecule has 0 aliphatic rings. The molecule has 0 atom stereocenters. The largest absolute Gasteiger partial charge is 0.493 e. The molecule has 0 fully saturated rings. The maximum atomic E-state index is 10.8. The lowest BCUT2D eigenvalue weighted by atomic mass is 10.4. The third-order valence-electron chi connectivity index (χ3n) is 2.04. The number of primary amides is 1. The van der Waals surface area contributed by atoms with Gasteiger partial charge in [-0.25, -0.2) is 4.98 Å². The summed E-state index contributed by atoms with van der Waals surface area (Å²) in [5, 5.41) is 0. The van der Waals surface area contributed by atoms with Crippen molar-refractivity contribution in [2.45, 2.75) is 6.42 Å². The molecule has 2 rings (SSSR count). The van der Waals surface area contributed by atoms with Crippen LogP contribution in [0.15, 0.2) is 35.2 Å². The van der Waals surface area contributed by atoms with Crippen LogP contribution in [0.5, 0.6) is 5.75 Å². The van der Waals surface area contributed by atoms with E-state index < -0.39 is 5.91 Å². The van der Waals surface area contributed by atoms with Gasteiger partial charge in [-0.3, -0.25) is 9.78 Å². The van der Waals surface area contributed by atoms with Gasteiger partial charge >= 0.3 is 0 Å². The van der Waals surface area contributed by atoms with Crippen LogP contribution in [-0.2, 0) is 6.42 Å². The second-order valence-electron chi connectivity index (χ2n) is 3.27. The smallest absolute Gasteiger partial charge is 0.270 e. The molecule has 0 bridgehead atoms. The van der Waals surface area contributed by atoms with Crippen molar-refractivity contribution in [3.8, 4) is 5.75 Å². The zero-order valence-electron chi connectivity index (χ0n) is 9.00. The van der Waals surface area contributed by atoms with Gasteiger partial charge in [0.25, 0.3) is 5.91 Å². The second-order valence-corrected chi connectivity index (χ2v) is 3.27. The third-order valence-corrected chi connectivity index (χ3v) is 2.04. The van der Waals surface area contributed by atoms with Gasteiger partial charge in [-0.05, 0) is 12.1 Å². The SMILES string of the molecule is NC(=O)c1coc(CCOc2ccncc2)n1. The van der Waals surface area contributed by atoms with Gasteiger partial charge in [-0.2, -0.15) is 0 Å². The van der Waals surface area contributed by atoms with E-state index in [1.54, 1.807) is 24.5 Å². The Morgan fingerprint density at radius 3 is 2.82 bits per heavy atom. The number of nitrogens with zero attached hydrogens (tertiary/aromatic N) is 2. The van der Waals surface area contributed by atoms with E-state index in [-0.39, 0.29) is 5.69 Å². The average Bonchev–Trinajstić information content (AvgIpc) is 2.79. The molecule has 0 aliphatic carbocycles. The summed E-state index contributed by atoms with van der Waals surface area (Å²) in [6.07, 6.45) is 5.00. The number of pyridine rings is 1. The van der Waals surface area contributed by atoms with Crippen molar-refractivity contribution < 1.29 is 13.9 Å². The maximum absolute atomic E-state index is 10.8. The predicted octanol–water partition coefficient (Wildman–Crippen LogP) is 0.790. The van der Waals surface area contributed by atoms with Crippen LogP contribution in [-0.4, -0.2) is 22.5 Å².